The Hall–Kier alpha value is -2.90. The molecular formula is C27H32ClFN4O2. The predicted molar refractivity (Wildman–Crippen MR) is 135 cm³/mol. The lowest BCUT2D eigenvalue weighted by Gasteiger charge is -2.31. The maximum absolute atomic E-state index is 13.3. The minimum atomic E-state index is -0.456. The van der Waals surface area contributed by atoms with Gasteiger partial charge in [0.15, 0.2) is 0 Å². The number of piperidine rings is 1. The average Bonchev–Trinajstić information content (AvgIpc) is 3.24. The number of rotatable bonds is 9. The van der Waals surface area contributed by atoms with E-state index in [1.54, 1.807) is 6.07 Å². The van der Waals surface area contributed by atoms with Gasteiger partial charge in [-0.15, -0.1) is 0 Å². The van der Waals surface area contributed by atoms with Crippen molar-refractivity contribution in [2.45, 2.75) is 45.8 Å². The van der Waals surface area contributed by atoms with Gasteiger partial charge in [-0.1, -0.05) is 43.6 Å². The Balaban J connectivity index is 1.26. The lowest BCUT2D eigenvalue weighted by molar-refractivity contribution is -0.122. The summed E-state index contributed by atoms with van der Waals surface area (Å²) in [5, 5.41) is 7.83. The summed E-state index contributed by atoms with van der Waals surface area (Å²) in [6.07, 6.45) is 2.53. The van der Waals surface area contributed by atoms with Crippen LogP contribution in [0.1, 0.15) is 38.1 Å². The number of halogens is 2. The first-order valence-electron chi connectivity index (χ1n) is 12.1. The van der Waals surface area contributed by atoms with Crippen molar-refractivity contribution >= 4 is 17.5 Å². The van der Waals surface area contributed by atoms with Gasteiger partial charge in [-0.25, -0.2) is 9.07 Å². The molecule has 1 saturated heterocycles. The smallest absolute Gasteiger partial charge is 0.234 e. The topological polar surface area (TPSA) is 59.4 Å². The number of carbonyl (C=O) groups excluding carboxylic acids is 1. The van der Waals surface area contributed by atoms with Crippen molar-refractivity contribution in [2.75, 3.05) is 19.6 Å². The van der Waals surface area contributed by atoms with Crippen LogP contribution in [0, 0.1) is 11.7 Å². The molecule has 35 heavy (non-hydrogen) atoms. The minimum absolute atomic E-state index is 0.0191. The Morgan fingerprint density at radius 1 is 1.17 bits per heavy atom. The van der Waals surface area contributed by atoms with Gasteiger partial charge in [-0.05, 0) is 55.5 Å². The van der Waals surface area contributed by atoms with Gasteiger partial charge in [0.1, 0.15) is 17.7 Å². The van der Waals surface area contributed by atoms with E-state index in [1.807, 2.05) is 35.0 Å². The van der Waals surface area contributed by atoms with E-state index in [4.69, 9.17) is 21.4 Å². The normalized spacial score (nSPS) is 14.9. The van der Waals surface area contributed by atoms with E-state index in [9.17, 15) is 9.18 Å². The largest absolute Gasteiger partial charge is 0.490 e. The Kier molecular flexibility index (Phi) is 8.42. The highest BCUT2D eigenvalue weighted by Gasteiger charge is 2.22. The molecule has 1 aliphatic heterocycles. The van der Waals surface area contributed by atoms with Crippen LogP contribution in [0.2, 0.25) is 5.02 Å². The summed E-state index contributed by atoms with van der Waals surface area (Å²) >= 11 is 5.84. The Morgan fingerprint density at radius 3 is 2.60 bits per heavy atom. The summed E-state index contributed by atoms with van der Waals surface area (Å²) in [5.74, 6) is 0.597. The molecule has 1 N–H and O–H groups in total. The molecule has 1 amide bonds. The van der Waals surface area contributed by atoms with Crippen LogP contribution in [0.3, 0.4) is 0 Å². The summed E-state index contributed by atoms with van der Waals surface area (Å²) in [5.41, 5.74) is 3.01. The third kappa shape index (κ3) is 7.05. The molecule has 2 heterocycles. The third-order valence-electron chi connectivity index (χ3n) is 6.01. The average molecular weight is 499 g/mol. The number of carbonyl (C=O) groups is 1. The molecule has 8 heteroatoms. The molecule has 4 rings (SSSR count). The second-order valence-electron chi connectivity index (χ2n) is 9.42. The Morgan fingerprint density at radius 2 is 1.91 bits per heavy atom. The Bertz CT molecular complexity index is 1130. The highest BCUT2D eigenvalue weighted by atomic mass is 35.5. The molecule has 2 aromatic carbocycles. The fourth-order valence-corrected chi connectivity index (χ4v) is 4.46. The van der Waals surface area contributed by atoms with Gasteiger partial charge in [0.2, 0.25) is 5.91 Å². The van der Waals surface area contributed by atoms with Gasteiger partial charge in [-0.2, -0.15) is 5.10 Å². The van der Waals surface area contributed by atoms with E-state index in [2.05, 4.69) is 30.1 Å². The van der Waals surface area contributed by atoms with E-state index >= 15 is 0 Å². The van der Waals surface area contributed by atoms with Crippen molar-refractivity contribution in [3.63, 3.8) is 0 Å². The van der Waals surface area contributed by atoms with Gasteiger partial charge >= 0.3 is 0 Å². The maximum atomic E-state index is 13.3. The summed E-state index contributed by atoms with van der Waals surface area (Å²) in [7, 11) is 0. The zero-order chi connectivity index (χ0) is 24.8. The van der Waals surface area contributed by atoms with Crippen LogP contribution in [0.15, 0.2) is 54.6 Å². The molecule has 0 spiro atoms. The number of hydrogen-bond acceptors (Lipinski definition) is 4. The van der Waals surface area contributed by atoms with E-state index in [0.29, 0.717) is 24.8 Å². The number of likely N-dealkylation sites (tertiary alicyclic amines) is 1. The quantitative estimate of drug-likeness (QED) is 0.450. The van der Waals surface area contributed by atoms with Gasteiger partial charge < -0.3 is 10.1 Å². The van der Waals surface area contributed by atoms with Gasteiger partial charge in [-0.3, -0.25) is 9.69 Å². The number of nitrogens with zero attached hydrogens (tertiary/aromatic N) is 3. The number of ether oxygens (including phenoxy) is 1. The molecule has 1 aliphatic rings. The first-order chi connectivity index (χ1) is 16.9. The highest BCUT2D eigenvalue weighted by Crippen LogP contribution is 2.24. The number of aromatic nitrogens is 2. The van der Waals surface area contributed by atoms with E-state index in [0.717, 1.165) is 49.4 Å². The van der Waals surface area contributed by atoms with Crippen LogP contribution in [-0.4, -0.2) is 46.3 Å². The fraction of sp³-hybridized carbons (Fsp3) is 0.407. The monoisotopic (exact) mass is 498 g/mol. The number of amides is 1. The molecule has 186 valence electrons. The van der Waals surface area contributed by atoms with Crippen molar-refractivity contribution < 1.29 is 13.9 Å². The lowest BCUT2D eigenvalue weighted by atomic mass is 10.1. The standard InChI is InChI=1S/C27H32ClFN4O2/c1-19(2)14-22-15-20(31-33(22)21-6-4-3-5-7-21)17-30-27(34)18-32-12-10-23(11-13-32)35-24-8-9-26(29)25(28)16-24/h3-9,15-16,19,23H,10-14,17-18H2,1-2H3,(H,30,34). The first kappa shape index (κ1) is 25.2. The molecule has 1 fully saturated rings. The predicted octanol–water partition coefficient (Wildman–Crippen LogP) is 5.02. The van der Waals surface area contributed by atoms with Crippen LogP contribution >= 0.6 is 11.6 Å². The minimum Gasteiger partial charge on any atom is -0.490 e. The molecule has 0 atom stereocenters. The zero-order valence-corrected chi connectivity index (χ0v) is 21.0. The van der Waals surface area contributed by atoms with Crippen molar-refractivity contribution in [3.05, 3.63) is 76.8 Å². The van der Waals surface area contributed by atoms with Crippen LogP contribution in [0.4, 0.5) is 4.39 Å². The summed E-state index contributed by atoms with van der Waals surface area (Å²) < 4.78 is 21.2. The third-order valence-corrected chi connectivity index (χ3v) is 6.30. The maximum Gasteiger partial charge on any atom is 0.234 e. The number of hydrogen-bond donors (Lipinski definition) is 1. The van der Waals surface area contributed by atoms with Crippen molar-refractivity contribution in [1.29, 1.82) is 0 Å². The van der Waals surface area contributed by atoms with Crippen LogP contribution in [0.5, 0.6) is 5.75 Å². The van der Waals surface area contributed by atoms with Crippen molar-refractivity contribution in [3.8, 4) is 11.4 Å². The number of nitrogens with one attached hydrogen (secondary N) is 1. The summed E-state index contributed by atoms with van der Waals surface area (Å²) in [4.78, 5) is 14.7. The number of benzene rings is 2. The van der Waals surface area contributed by atoms with E-state index < -0.39 is 5.82 Å². The fourth-order valence-electron chi connectivity index (χ4n) is 4.29. The highest BCUT2D eigenvalue weighted by molar-refractivity contribution is 6.30. The molecule has 0 bridgehead atoms. The van der Waals surface area contributed by atoms with Crippen molar-refractivity contribution in [1.82, 2.24) is 20.0 Å². The lowest BCUT2D eigenvalue weighted by Crippen LogP contribution is -2.43. The Labute approximate surface area is 211 Å². The van der Waals surface area contributed by atoms with Crippen LogP contribution in [0.25, 0.3) is 5.69 Å². The number of para-hydroxylation sites is 1. The second-order valence-corrected chi connectivity index (χ2v) is 9.83. The molecule has 0 aliphatic carbocycles. The molecule has 3 aromatic rings. The second kappa shape index (κ2) is 11.7. The van der Waals surface area contributed by atoms with Crippen molar-refractivity contribution in [2.24, 2.45) is 5.92 Å². The van der Waals surface area contributed by atoms with E-state index in [1.165, 1.54) is 12.1 Å². The van der Waals surface area contributed by atoms with Gasteiger partial charge in [0, 0.05) is 24.8 Å². The molecular weight excluding hydrogens is 467 g/mol. The van der Waals surface area contributed by atoms with Crippen LogP contribution in [-0.2, 0) is 17.8 Å². The SMILES string of the molecule is CC(C)Cc1cc(CNC(=O)CN2CCC(Oc3ccc(F)c(Cl)c3)CC2)nn1-c1ccccc1. The van der Waals surface area contributed by atoms with E-state index in [-0.39, 0.29) is 17.0 Å². The summed E-state index contributed by atoms with van der Waals surface area (Å²) in [6.45, 7) is 6.63. The summed E-state index contributed by atoms with van der Waals surface area (Å²) in [6, 6.07) is 16.6. The zero-order valence-electron chi connectivity index (χ0n) is 20.2. The van der Waals surface area contributed by atoms with Gasteiger partial charge in [0.25, 0.3) is 0 Å². The first-order valence-corrected chi connectivity index (χ1v) is 12.5. The van der Waals surface area contributed by atoms with Crippen LogP contribution < -0.4 is 10.1 Å². The molecule has 0 unspecified atom stereocenters. The molecule has 0 saturated carbocycles. The molecule has 1 aromatic heterocycles. The van der Waals surface area contributed by atoms with Gasteiger partial charge in [0.05, 0.1) is 29.5 Å². The molecule has 6 nitrogen and oxygen atoms in total. The molecule has 0 radical (unpaired) electrons.